The third kappa shape index (κ3) is 11.1. The van der Waals surface area contributed by atoms with Crippen LogP contribution in [0.4, 0.5) is 23.9 Å². The number of aliphatic hydroxyl groups is 3. The van der Waals surface area contributed by atoms with E-state index in [2.05, 4.69) is 20.6 Å². The number of anilines is 1. The van der Waals surface area contributed by atoms with Crippen LogP contribution in [0.25, 0.3) is 0 Å². The first-order chi connectivity index (χ1) is 17.8. The summed E-state index contributed by atoms with van der Waals surface area (Å²) in [6, 6.07) is -0.414. The van der Waals surface area contributed by atoms with Crippen molar-refractivity contribution in [2.24, 2.45) is 0 Å². The fourth-order valence-electron chi connectivity index (χ4n) is 3.11. The van der Waals surface area contributed by atoms with E-state index >= 15 is 0 Å². The summed E-state index contributed by atoms with van der Waals surface area (Å²) in [5.74, 6) is -0.880. The van der Waals surface area contributed by atoms with Crippen LogP contribution in [-0.2, 0) is 25.1 Å². The third-order valence-electron chi connectivity index (χ3n) is 4.88. The number of aromatic nitrogens is 2. The Hall–Kier alpha value is -2.50. The number of aliphatic hydroxyl groups excluding tert-OH is 3. The van der Waals surface area contributed by atoms with Crippen LogP contribution in [0.15, 0.2) is 6.07 Å². The Bertz CT molecular complexity index is 873. The van der Waals surface area contributed by atoms with E-state index in [1.165, 1.54) is 0 Å². The van der Waals surface area contributed by atoms with Gasteiger partial charge in [0.2, 0.25) is 11.8 Å². The van der Waals surface area contributed by atoms with E-state index in [1.54, 1.807) is 20.8 Å². The highest BCUT2D eigenvalue weighted by molar-refractivity contribution is 5.67. The fraction of sp³-hybridized carbons (Fsp3) is 0.773. The molecule has 0 aromatic carbocycles. The molecule has 218 valence electrons. The van der Waals surface area contributed by atoms with Gasteiger partial charge in [0, 0.05) is 12.6 Å². The summed E-state index contributed by atoms with van der Waals surface area (Å²) < 4.78 is 66.1. The molecule has 1 aromatic heterocycles. The Balaban J connectivity index is 1.75. The van der Waals surface area contributed by atoms with Crippen LogP contribution in [0, 0.1) is 0 Å². The van der Waals surface area contributed by atoms with Crippen molar-refractivity contribution in [2.75, 3.05) is 58.1 Å². The van der Waals surface area contributed by atoms with Crippen LogP contribution in [0.5, 0.6) is 5.88 Å². The lowest BCUT2D eigenvalue weighted by Gasteiger charge is -2.37. The predicted octanol–water partition coefficient (Wildman–Crippen LogP) is 0.326. The predicted molar refractivity (Wildman–Crippen MR) is 125 cm³/mol. The van der Waals surface area contributed by atoms with Crippen molar-refractivity contribution in [3.63, 3.8) is 0 Å². The van der Waals surface area contributed by atoms with Gasteiger partial charge in [0.15, 0.2) is 5.69 Å². The molecular formula is C22H35F3N4O9. The summed E-state index contributed by atoms with van der Waals surface area (Å²) in [5.41, 5.74) is -1.88. The number of halogens is 3. The van der Waals surface area contributed by atoms with Crippen LogP contribution in [0.2, 0.25) is 0 Å². The monoisotopic (exact) mass is 556 g/mol. The molecule has 38 heavy (non-hydrogen) atoms. The quantitative estimate of drug-likeness (QED) is 0.211. The van der Waals surface area contributed by atoms with E-state index in [4.69, 9.17) is 28.8 Å². The first kappa shape index (κ1) is 31.7. The van der Waals surface area contributed by atoms with Crippen molar-refractivity contribution in [3.8, 4) is 5.88 Å². The molecule has 1 aromatic rings. The lowest BCUT2D eigenvalue weighted by Crippen LogP contribution is -2.56. The molecule has 0 bridgehead atoms. The van der Waals surface area contributed by atoms with Crippen molar-refractivity contribution in [1.29, 1.82) is 0 Å². The Morgan fingerprint density at radius 1 is 1.08 bits per heavy atom. The maximum absolute atomic E-state index is 13.3. The Morgan fingerprint density at radius 2 is 1.74 bits per heavy atom. The Kier molecular flexibility index (Phi) is 12.2. The number of alkyl halides is 3. The average Bonchev–Trinajstić information content (AvgIpc) is 2.81. The van der Waals surface area contributed by atoms with E-state index in [0.29, 0.717) is 6.07 Å². The zero-order valence-electron chi connectivity index (χ0n) is 21.4. The van der Waals surface area contributed by atoms with Gasteiger partial charge in [-0.3, -0.25) is 0 Å². The van der Waals surface area contributed by atoms with Gasteiger partial charge in [0.05, 0.1) is 45.7 Å². The van der Waals surface area contributed by atoms with Gasteiger partial charge in [0.25, 0.3) is 0 Å². The number of alkyl carbamates (subject to hydrolysis) is 1. The molecule has 0 saturated carbocycles. The zero-order chi connectivity index (χ0) is 28.3. The molecule has 0 unspecified atom stereocenters. The average molecular weight is 557 g/mol. The SMILES string of the molecule is CC(C)(C)OC(=O)NCCOCCOCCOc1cc(C(F)(F)F)nc(N[C@H]2CO[C@H](CO)[C@H](O)[C@@H]2O)n1. The number of nitrogens with one attached hydrogen (secondary N) is 2. The van der Waals surface area contributed by atoms with Gasteiger partial charge in [-0.05, 0) is 20.8 Å². The summed E-state index contributed by atoms with van der Waals surface area (Å²) >= 11 is 0. The summed E-state index contributed by atoms with van der Waals surface area (Å²) in [4.78, 5) is 18.8. The number of carbonyl (C=O) groups is 1. The minimum absolute atomic E-state index is 0.0254. The summed E-state index contributed by atoms with van der Waals surface area (Å²) in [6.45, 7) is 5.26. The minimum Gasteiger partial charge on any atom is -0.475 e. The van der Waals surface area contributed by atoms with Crippen molar-refractivity contribution in [3.05, 3.63) is 11.8 Å². The standard InChI is InChI=1S/C22H35F3N4O9/c1-21(2,3)38-20(33)26-4-5-34-6-7-35-8-9-36-16-10-15(22(23,24)25)28-19(29-16)27-13-12-37-14(11-30)18(32)17(13)31/h10,13-14,17-18,30-32H,4-9,11-12H2,1-3H3,(H,26,33)(H,27,28,29)/t13-,14+,17+,18-/m0/s1. The molecule has 1 aliphatic heterocycles. The van der Waals surface area contributed by atoms with Gasteiger partial charge < -0.3 is 49.6 Å². The maximum Gasteiger partial charge on any atom is 0.433 e. The van der Waals surface area contributed by atoms with Gasteiger partial charge in [-0.1, -0.05) is 0 Å². The summed E-state index contributed by atoms with van der Waals surface area (Å²) in [7, 11) is 0. The number of ether oxygens (including phenoxy) is 5. The van der Waals surface area contributed by atoms with Gasteiger partial charge in [-0.15, -0.1) is 0 Å². The number of amides is 1. The molecule has 0 radical (unpaired) electrons. The number of nitrogens with zero attached hydrogens (tertiary/aromatic N) is 2. The molecule has 1 amide bonds. The van der Waals surface area contributed by atoms with Crippen molar-refractivity contribution in [2.45, 2.75) is 56.9 Å². The number of hydrogen-bond donors (Lipinski definition) is 5. The normalized spacial score (nSPS) is 22.1. The van der Waals surface area contributed by atoms with Gasteiger partial charge in [-0.2, -0.15) is 18.2 Å². The Morgan fingerprint density at radius 3 is 2.37 bits per heavy atom. The lowest BCUT2D eigenvalue weighted by molar-refractivity contribution is -0.152. The highest BCUT2D eigenvalue weighted by atomic mass is 19.4. The second kappa shape index (κ2) is 14.6. The number of carbonyl (C=O) groups excluding carboxylic acids is 1. The zero-order valence-corrected chi connectivity index (χ0v) is 21.4. The highest BCUT2D eigenvalue weighted by Gasteiger charge is 2.39. The summed E-state index contributed by atoms with van der Waals surface area (Å²) in [6.07, 6.45) is -9.29. The largest absolute Gasteiger partial charge is 0.475 e. The van der Waals surface area contributed by atoms with Crippen molar-refractivity contribution in [1.82, 2.24) is 15.3 Å². The summed E-state index contributed by atoms with van der Waals surface area (Å²) in [5, 5.41) is 34.3. The first-order valence-corrected chi connectivity index (χ1v) is 11.9. The maximum atomic E-state index is 13.3. The molecule has 5 N–H and O–H groups in total. The molecule has 1 fully saturated rings. The lowest BCUT2D eigenvalue weighted by atomic mass is 9.98. The molecule has 16 heteroatoms. The molecule has 0 aliphatic carbocycles. The van der Waals surface area contributed by atoms with Crippen LogP contribution >= 0.6 is 0 Å². The van der Waals surface area contributed by atoms with E-state index in [9.17, 15) is 28.2 Å². The van der Waals surface area contributed by atoms with Gasteiger partial charge in [0.1, 0.15) is 30.5 Å². The van der Waals surface area contributed by atoms with E-state index in [1.807, 2.05) is 0 Å². The Labute approximate surface area is 217 Å². The molecule has 1 saturated heterocycles. The fourth-order valence-corrected chi connectivity index (χ4v) is 3.11. The first-order valence-electron chi connectivity index (χ1n) is 11.9. The molecule has 1 aliphatic rings. The second-order valence-corrected chi connectivity index (χ2v) is 9.20. The van der Waals surface area contributed by atoms with E-state index in [0.717, 1.165) is 0 Å². The number of hydrogen-bond acceptors (Lipinski definition) is 12. The molecule has 0 spiro atoms. The van der Waals surface area contributed by atoms with Crippen molar-refractivity contribution >= 4 is 12.0 Å². The van der Waals surface area contributed by atoms with E-state index < -0.39 is 60.5 Å². The van der Waals surface area contributed by atoms with Gasteiger partial charge >= 0.3 is 12.3 Å². The topological polar surface area (TPSA) is 174 Å². The van der Waals surface area contributed by atoms with Crippen LogP contribution in [0.3, 0.4) is 0 Å². The van der Waals surface area contributed by atoms with Gasteiger partial charge in [-0.25, -0.2) is 9.78 Å². The van der Waals surface area contributed by atoms with E-state index in [-0.39, 0.29) is 52.1 Å². The molecular weight excluding hydrogens is 521 g/mol. The third-order valence-corrected chi connectivity index (χ3v) is 4.88. The van der Waals surface area contributed by atoms with Crippen LogP contribution in [-0.4, -0.2) is 114 Å². The molecule has 4 atom stereocenters. The molecule has 2 heterocycles. The molecule has 2 rings (SSSR count). The van der Waals surface area contributed by atoms with Crippen LogP contribution in [0.1, 0.15) is 26.5 Å². The van der Waals surface area contributed by atoms with Crippen LogP contribution < -0.4 is 15.4 Å². The smallest absolute Gasteiger partial charge is 0.433 e. The number of rotatable bonds is 13. The minimum atomic E-state index is -4.80. The highest BCUT2D eigenvalue weighted by Crippen LogP contribution is 2.30. The second-order valence-electron chi connectivity index (χ2n) is 9.20. The van der Waals surface area contributed by atoms with Crippen molar-refractivity contribution < 1.29 is 57.0 Å². The molecule has 13 nitrogen and oxygen atoms in total.